The first-order chi connectivity index (χ1) is 14.8. The van der Waals surface area contributed by atoms with Crippen LogP contribution in [0, 0.1) is 12.7 Å². The zero-order valence-corrected chi connectivity index (χ0v) is 17.6. The molecule has 1 aliphatic rings. The lowest BCUT2D eigenvalue weighted by atomic mass is 10.0. The predicted octanol–water partition coefficient (Wildman–Crippen LogP) is 3.07. The third-order valence-electron chi connectivity index (χ3n) is 5.39. The Morgan fingerprint density at radius 1 is 1.35 bits per heavy atom. The van der Waals surface area contributed by atoms with E-state index in [0.717, 1.165) is 0 Å². The minimum atomic E-state index is -1.12. The number of aromatic nitrogens is 1. The number of rotatable bonds is 7. The van der Waals surface area contributed by atoms with Crippen LogP contribution in [-0.4, -0.2) is 64.0 Å². The third kappa shape index (κ3) is 5.46. The van der Waals surface area contributed by atoms with E-state index in [9.17, 15) is 14.0 Å². The van der Waals surface area contributed by atoms with Crippen LogP contribution in [0.4, 0.5) is 4.39 Å². The third-order valence-corrected chi connectivity index (χ3v) is 5.39. The number of hydrogen-bond acceptors (Lipinski definition) is 5. The van der Waals surface area contributed by atoms with Gasteiger partial charge in [0.05, 0.1) is 6.20 Å². The quantitative estimate of drug-likeness (QED) is 0.684. The fourth-order valence-electron chi connectivity index (χ4n) is 3.64. The van der Waals surface area contributed by atoms with Crippen LogP contribution in [0.2, 0.25) is 0 Å². The molecule has 0 unspecified atom stereocenters. The van der Waals surface area contributed by atoms with Crippen molar-refractivity contribution in [1.29, 1.82) is 0 Å². The van der Waals surface area contributed by atoms with Gasteiger partial charge >= 0.3 is 5.97 Å². The Kier molecular flexibility index (Phi) is 7.02. The SMILES string of the molecule is C=CC(=O)N1CCN(C[C@@H](Oc2ccc(C(=O)O)nc2)c2ccc(C)c(F)c2)C[C@H]1C. The fraction of sp³-hybridized carbons (Fsp3) is 0.348. The van der Waals surface area contributed by atoms with E-state index in [0.29, 0.717) is 43.1 Å². The van der Waals surface area contributed by atoms with Crippen LogP contribution >= 0.6 is 0 Å². The number of carbonyl (C=O) groups is 2. The molecule has 0 spiro atoms. The fourth-order valence-corrected chi connectivity index (χ4v) is 3.64. The standard InChI is InChI=1S/C23H26FN3O4/c1-4-22(28)27-10-9-26(13-16(27)3)14-21(17-6-5-15(2)19(24)11-17)31-18-7-8-20(23(29)30)25-12-18/h4-8,11-12,16,21H,1,9-10,13-14H2,2-3H3,(H,29,30)/t16-,21-/m1/s1. The number of aryl methyl sites for hydroxylation is 1. The highest BCUT2D eigenvalue weighted by Crippen LogP contribution is 2.25. The Hall–Kier alpha value is -3.26. The monoisotopic (exact) mass is 427 g/mol. The summed E-state index contributed by atoms with van der Waals surface area (Å²) in [5, 5.41) is 9.03. The number of benzene rings is 1. The zero-order chi connectivity index (χ0) is 22.5. The summed E-state index contributed by atoms with van der Waals surface area (Å²) in [6, 6.07) is 7.90. The number of halogens is 1. The van der Waals surface area contributed by atoms with Gasteiger partial charge in [-0.05, 0) is 49.2 Å². The molecule has 1 aromatic carbocycles. The summed E-state index contributed by atoms with van der Waals surface area (Å²) in [7, 11) is 0. The normalized spacial score (nSPS) is 17.8. The van der Waals surface area contributed by atoms with Crippen LogP contribution < -0.4 is 4.74 Å². The highest BCUT2D eigenvalue weighted by Gasteiger charge is 2.28. The zero-order valence-electron chi connectivity index (χ0n) is 17.6. The summed E-state index contributed by atoms with van der Waals surface area (Å²) in [5.74, 6) is -1.14. The molecule has 1 aliphatic heterocycles. The van der Waals surface area contributed by atoms with Gasteiger partial charge in [0.2, 0.25) is 5.91 Å². The van der Waals surface area contributed by atoms with E-state index in [1.54, 1.807) is 17.9 Å². The average Bonchev–Trinajstić information content (AvgIpc) is 2.75. The summed E-state index contributed by atoms with van der Waals surface area (Å²) in [6.45, 7) is 9.56. The molecule has 7 nitrogen and oxygen atoms in total. The molecule has 8 heteroatoms. The van der Waals surface area contributed by atoms with Crippen LogP contribution in [0.15, 0.2) is 49.2 Å². The van der Waals surface area contributed by atoms with Gasteiger partial charge in [-0.15, -0.1) is 0 Å². The second kappa shape index (κ2) is 9.70. The summed E-state index contributed by atoms with van der Waals surface area (Å²) >= 11 is 0. The Morgan fingerprint density at radius 2 is 2.13 bits per heavy atom. The van der Waals surface area contributed by atoms with E-state index in [-0.39, 0.29) is 23.5 Å². The number of ether oxygens (including phenoxy) is 1. The molecule has 0 saturated carbocycles. The lowest BCUT2D eigenvalue weighted by Crippen LogP contribution is -2.54. The predicted molar refractivity (Wildman–Crippen MR) is 114 cm³/mol. The highest BCUT2D eigenvalue weighted by molar-refractivity contribution is 5.87. The minimum Gasteiger partial charge on any atom is -0.483 e. The Morgan fingerprint density at radius 3 is 2.71 bits per heavy atom. The van der Waals surface area contributed by atoms with E-state index in [2.05, 4.69) is 16.5 Å². The van der Waals surface area contributed by atoms with Crippen molar-refractivity contribution in [2.75, 3.05) is 26.2 Å². The molecule has 3 rings (SSSR count). The van der Waals surface area contributed by atoms with Gasteiger partial charge in [0, 0.05) is 32.2 Å². The van der Waals surface area contributed by atoms with Gasteiger partial charge in [0.15, 0.2) is 0 Å². The van der Waals surface area contributed by atoms with Crippen molar-refractivity contribution in [2.24, 2.45) is 0 Å². The summed E-state index contributed by atoms with van der Waals surface area (Å²) < 4.78 is 20.3. The lowest BCUT2D eigenvalue weighted by Gasteiger charge is -2.40. The van der Waals surface area contributed by atoms with Crippen LogP contribution in [0.25, 0.3) is 0 Å². The van der Waals surface area contributed by atoms with Crippen molar-refractivity contribution < 1.29 is 23.8 Å². The lowest BCUT2D eigenvalue weighted by molar-refractivity contribution is -0.130. The van der Waals surface area contributed by atoms with Gasteiger partial charge in [-0.3, -0.25) is 9.69 Å². The van der Waals surface area contributed by atoms with Gasteiger partial charge in [-0.1, -0.05) is 18.7 Å². The van der Waals surface area contributed by atoms with Crippen molar-refractivity contribution >= 4 is 11.9 Å². The van der Waals surface area contributed by atoms with Gasteiger partial charge in [0.25, 0.3) is 0 Å². The van der Waals surface area contributed by atoms with Crippen molar-refractivity contribution in [3.63, 3.8) is 0 Å². The maximum atomic E-state index is 14.2. The number of piperazine rings is 1. The molecular formula is C23H26FN3O4. The maximum absolute atomic E-state index is 14.2. The maximum Gasteiger partial charge on any atom is 0.354 e. The Balaban J connectivity index is 1.79. The van der Waals surface area contributed by atoms with Crippen LogP contribution in [0.1, 0.15) is 34.6 Å². The van der Waals surface area contributed by atoms with E-state index < -0.39 is 12.1 Å². The first-order valence-electron chi connectivity index (χ1n) is 10.1. The number of pyridine rings is 1. The number of nitrogens with zero attached hydrogens (tertiary/aromatic N) is 3. The number of carboxylic acid groups (broad SMARTS) is 1. The van der Waals surface area contributed by atoms with Crippen molar-refractivity contribution in [1.82, 2.24) is 14.8 Å². The number of aromatic carboxylic acids is 1. The van der Waals surface area contributed by atoms with Crippen LogP contribution in [0.3, 0.4) is 0 Å². The first-order valence-corrected chi connectivity index (χ1v) is 10.1. The molecule has 2 heterocycles. The molecule has 2 atom stereocenters. The van der Waals surface area contributed by atoms with Crippen LogP contribution in [-0.2, 0) is 4.79 Å². The molecule has 31 heavy (non-hydrogen) atoms. The molecule has 2 aromatic rings. The summed E-state index contributed by atoms with van der Waals surface area (Å²) in [4.78, 5) is 30.8. The molecule has 0 aliphatic carbocycles. The topological polar surface area (TPSA) is 83.0 Å². The van der Waals surface area contributed by atoms with E-state index in [1.165, 1.54) is 30.5 Å². The largest absolute Gasteiger partial charge is 0.483 e. The molecule has 1 N–H and O–H groups in total. The van der Waals surface area contributed by atoms with Crippen molar-refractivity contribution in [3.8, 4) is 5.75 Å². The Labute approximate surface area is 180 Å². The summed E-state index contributed by atoms with van der Waals surface area (Å²) in [6.07, 6.45) is 2.17. The van der Waals surface area contributed by atoms with E-state index in [4.69, 9.17) is 9.84 Å². The van der Waals surface area contributed by atoms with E-state index >= 15 is 0 Å². The summed E-state index contributed by atoms with van der Waals surface area (Å²) in [5.41, 5.74) is 1.13. The van der Waals surface area contributed by atoms with Crippen molar-refractivity contribution in [3.05, 3.63) is 71.8 Å². The smallest absolute Gasteiger partial charge is 0.354 e. The van der Waals surface area contributed by atoms with E-state index in [1.807, 2.05) is 13.0 Å². The molecular weight excluding hydrogens is 401 g/mol. The van der Waals surface area contributed by atoms with Gasteiger partial charge < -0.3 is 14.7 Å². The van der Waals surface area contributed by atoms with Crippen LogP contribution in [0.5, 0.6) is 5.75 Å². The molecule has 1 saturated heterocycles. The second-order valence-corrected chi connectivity index (χ2v) is 7.64. The molecule has 1 fully saturated rings. The number of amides is 1. The molecule has 1 amide bonds. The van der Waals surface area contributed by atoms with Gasteiger partial charge in [0.1, 0.15) is 23.4 Å². The number of carboxylic acids is 1. The minimum absolute atomic E-state index is 0.00571. The molecule has 0 bridgehead atoms. The van der Waals surface area contributed by atoms with Gasteiger partial charge in [-0.2, -0.15) is 0 Å². The van der Waals surface area contributed by atoms with Gasteiger partial charge in [-0.25, -0.2) is 14.2 Å². The second-order valence-electron chi connectivity index (χ2n) is 7.64. The highest BCUT2D eigenvalue weighted by atomic mass is 19.1. The molecule has 0 radical (unpaired) electrons. The van der Waals surface area contributed by atoms with Crippen molar-refractivity contribution in [2.45, 2.75) is 26.0 Å². The number of hydrogen-bond donors (Lipinski definition) is 1. The molecule has 164 valence electrons. The first kappa shape index (κ1) is 22.4. The number of carbonyl (C=O) groups excluding carboxylic acids is 1. The average molecular weight is 427 g/mol. The Bertz CT molecular complexity index is 964. The molecule has 1 aromatic heterocycles.